The first-order valence-electron chi connectivity index (χ1n) is 7.08. The maximum Gasteiger partial charge on any atom is 0.0896 e. The van der Waals surface area contributed by atoms with Gasteiger partial charge in [-0.3, -0.25) is 4.68 Å². The van der Waals surface area contributed by atoms with Gasteiger partial charge >= 0.3 is 0 Å². The SMILES string of the molecule is CCn1cc([C@H]2OCC[C@H]2CNCc2cscn2)cn1. The van der Waals surface area contributed by atoms with Crippen molar-refractivity contribution in [3.05, 3.63) is 34.5 Å². The van der Waals surface area contributed by atoms with Gasteiger partial charge in [0.1, 0.15) is 0 Å². The molecule has 1 aliphatic rings. The highest BCUT2D eigenvalue weighted by molar-refractivity contribution is 7.07. The van der Waals surface area contributed by atoms with E-state index in [0.717, 1.165) is 38.4 Å². The predicted molar refractivity (Wildman–Crippen MR) is 78.5 cm³/mol. The minimum atomic E-state index is 0.179. The van der Waals surface area contributed by atoms with Crippen molar-refractivity contribution >= 4 is 11.3 Å². The molecular weight excluding hydrogens is 272 g/mol. The van der Waals surface area contributed by atoms with Gasteiger partial charge in [-0.2, -0.15) is 5.10 Å². The van der Waals surface area contributed by atoms with Gasteiger partial charge in [0.25, 0.3) is 0 Å². The van der Waals surface area contributed by atoms with Gasteiger partial charge in [-0.1, -0.05) is 0 Å². The van der Waals surface area contributed by atoms with Crippen LogP contribution in [-0.4, -0.2) is 27.9 Å². The van der Waals surface area contributed by atoms with E-state index in [9.17, 15) is 0 Å². The van der Waals surface area contributed by atoms with Crippen molar-refractivity contribution in [2.75, 3.05) is 13.2 Å². The highest BCUT2D eigenvalue weighted by Crippen LogP contribution is 2.33. The van der Waals surface area contributed by atoms with Crippen LogP contribution in [-0.2, 0) is 17.8 Å². The molecule has 2 aromatic rings. The third-order valence-electron chi connectivity index (χ3n) is 3.72. The lowest BCUT2D eigenvalue weighted by atomic mass is 9.97. The number of hydrogen-bond acceptors (Lipinski definition) is 5. The summed E-state index contributed by atoms with van der Waals surface area (Å²) in [6.07, 6.45) is 5.32. The molecule has 0 aliphatic carbocycles. The summed E-state index contributed by atoms with van der Waals surface area (Å²) in [6, 6.07) is 0. The summed E-state index contributed by atoms with van der Waals surface area (Å²) in [6.45, 7) is 5.63. The van der Waals surface area contributed by atoms with Crippen molar-refractivity contribution in [3.8, 4) is 0 Å². The van der Waals surface area contributed by atoms with Crippen molar-refractivity contribution in [2.24, 2.45) is 5.92 Å². The predicted octanol–water partition coefficient (Wildman–Crippen LogP) is 2.23. The summed E-state index contributed by atoms with van der Waals surface area (Å²) in [5.41, 5.74) is 4.19. The van der Waals surface area contributed by atoms with E-state index in [2.05, 4.69) is 33.9 Å². The fourth-order valence-electron chi connectivity index (χ4n) is 2.62. The first-order chi connectivity index (χ1) is 9.86. The molecule has 108 valence electrons. The van der Waals surface area contributed by atoms with E-state index >= 15 is 0 Å². The van der Waals surface area contributed by atoms with E-state index < -0.39 is 0 Å². The van der Waals surface area contributed by atoms with Crippen molar-refractivity contribution < 1.29 is 4.74 Å². The molecule has 0 radical (unpaired) electrons. The molecule has 20 heavy (non-hydrogen) atoms. The first kappa shape index (κ1) is 13.7. The smallest absolute Gasteiger partial charge is 0.0896 e. The Hall–Kier alpha value is -1.24. The van der Waals surface area contributed by atoms with Crippen LogP contribution < -0.4 is 5.32 Å². The topological polar surface area (TPSA) is 52.0 Å². The van der Waals surface area contributed by atoms with Gasteiger partial charge in [0, 0.05) is 49.3 Å². The average molecular weight is 292 g/mol. The Labute approximate surface area is 123 Å². The van der Waals surface area contributed by atoms with E-state index in [0.29, 0.717) is 5.92 Å². The molecule has 0 spiro atoms. The molecule has 3 rings (SSSR count). The number of aryl methyl sites for hydroxylation is 1. The monoisotopic (exact) mass is 292 g/mol. The van der Waals surface area contributed by atoms with Gasteiger partial charge in [-0.05, 0) is 13.3 Å². The van der Waals surface area contributed by atoms with Gasteiger partial charge in [-0.25, -0.2) is 4.98 Å². The largest absolute Gasteiger partial charge is 0.373 e. The quantitative estimate of drug-likeness (QED) is 0.887. The zero-order valence-corrected chi connectivity index (χ0v) is 12.5. The third kappa shape index (κ3) is 3.08. The Kier molecular flexibility index (Phi) is 4.44. The molecule has 0 amide bonds. The summed E-state index contributed by atoms with van der Waals surface area (Å²) in [5.74, 6) is 0.517. The van der Waals surface area contributed by atoms with Gasteiger partial charge in [-0.15, -0.1) is 11.3 Å². The lowest BCUT2D eigenvalue weighted by Crippen LogP contribution is -2.24. The number of hydrogen-bond donors (Lipinski definition) is 1. The number of nitrogens with one attached hydrogen (secondary N) is 1. The van der Waals surface area contributed by atoms with Gasteiger partial charge in [0.15, 0.2) is 0 Å². The Bertz CT molecular complexity index is 525. The van der Waals surface area contributed by atoms with Crippen LogP contribution in [0.15, 0.2) is 23.3 Å². The maximum atomic E-state index is 5.89. The van der Waals surface area contributed by atoms with E-state index in [4.69, 9.17) is 4.74 Å². The molecule has 1 fully saturated rings. The molecule has 1 aliphatic heterocycles. The highest BCUT2D eigenvalue weighted by Gasteiger charge is 2.30. The normalized spacial score (nSPS) is 22.4. The van der Waals surface area contributed by atoms with Crippen LogP contribution in [0.1, 0.15) is 30.7 Å². The Morgan fingerprint density at radius 1 is 1.55 bits per heavy atom. The second-order valence-corrected chi connectivity index (χ2v) is 5.80. The van der Waals surface area contributed by atoms with E-state index in [1.54, 1.807) is 11.3 Å². The Morgan fingerprint density at radius 2 is 2.50 bits per heavy atom. The van der Waals surface area contributed by atoms with Crippen molar-refractivity contribution in [2.45, 2.75) is 32.5 Å². The molecule has 3 heterocycles. The number of thiazole rings is 1. The summed E-state index contributed by atoms with van der Waals surface area (Å²) in [7, 11) is 0. The molecule has 0 unspecified atom stereocenters. The minimum absolute atomic E-state index is 0.179. The summed E-state index contributed by atoms with van der Waals surface area (Å²) >= 11 is 1.64. The standard InChI is InChI=1S/C14H20N4OS/c1-2-18-8-12(6-17-18)14-11(3-4-19-14)5-15-7-13-9-20-10-16-13/h6,8-11,14-15H,2-5,7H2,1H3/t11-,14-/m0/s1. The number of nitrogens with zero attached hydrogens (tertiary/aromatic N) is 3. The Morgan fingerprint density at radius 3 is 3.25 bits per heavy atom. The molecule has 1 N–H and O–H groups in total. The highest BCUT2D eigenvalue weighted by atomic mass is 32.1. The van der Waals surface area contributed by atoms with Crippen molar-refractivity contribution in [1.82, 2.24) is 20.1 Å². The van der Waals surface area contributed by atoms with Gasteiger partial charge in [0.2, 0.25) is 0 Å². The number of ether oxygens (including phenoxy) is 1. The zero-order valence-electron chi connectivity index (χ0n) is 11.7. The molecule has 2 atom stereocenters. The Balaban J connectivity index is 1.55. The summed E-state index contributed by atoms with van der Waals surface area (Å²) in [5, 5.41) is 9.91. The van der Waals surface area contributed by atoms with Gasteiger partial charge in [0.05, 0.1) is 23.5 Å². The molecule has 6 heteroatoms. The minimum Gasteiger partial charge on any atom is -0.373 e. The lowest BCUT2D eigenvalue weighted by Gasteiger charge is -2.17. The summed E-state index contributed by atoms with van der Waals surface area (Å²) < 4.78 is 7.85. The van der Waals surface area contributed by atoms with Crippen molar-refractivity contribution in [3.63, 3.8) is 0 Å². The third-order valence-corrected chi connectivity index (χ3v) is 4.35. The zero-order chi connectivity index (χ0) is 13.8. The fourth-order valence-corrected chi connectivity index (χ4v) is 3.18. The number of aromatic nitrogens is 3. The lowest BCUT2D eigenvalue weighted by molar-refractivity contribution is 0.0903. The van der Waals surface area contributed by atoms with Crippen LogP contribution >= 0.6 is 11.3 Å². The second-order valence-electron chi connectivity index (χ2n) is 5.08. The molecule has 2 aromatic heterocycles. The molecule has 0 bridgehead atoms. The van der Waals surface area contributed by atoms with Crippen LogP contribution in [0.4, 0.5) is 0 Å². The van der Waals surface area contributed by atoms with E-state index in [-0.39, 0.29) is 6.10 Å². The molecule has 1 saturated heterocycles. The van der Waals surface area contributed by atoms with Crippen LogP contribution in [0, 0.1) is 5.92 Å². The average Bonchev–Trinajstić information content (AvgIpc) is 3.20. The molecule has 0 aromatic carbocycles. The van der Waals surface area contributed by atoms with E-state index in [1.807, 2.05) is 16.4 Å². The second kappa shape index (κ2) is 6.47. The van der Waals surface area contributed by atoms with Crippen LogP contribution in [0.2, 0.25) is 0 Å². The van der Waals surface area contributed by atoms with Crippen LogP contribution in [0.5, 0.6) is 0 Å². The van der Waals surface area contributed by atoms with Gasteiger partial charge < -0.3 is 10.1 Å². The maximum absolute atomic E-state index is 5.89. The number of rotatable bonds is 6. The van der Waals surface area contributed by atoms with Crippen LogP contribution in [0.3, 0.4) is 0 Å². The van der Waals surface area contributed by atoms with E-state index in [1.165, 1.54) is 5.56 Å². The first-order valence-corrected chi connectivity index (χ1v) is 8.03. The van der Waals surface area contributed by atoms with Crippen molar-refractivity contribution in [1.29, 1.82) is 0 Å². The molecule has 0 saturated carbocycles. The molecule has 5 nitrogen and oxygen atoms in total. The summed E-state index contributed by atoms with van der Waals surface area (Å²) in [4.78, 5) is 4.28. The fraction of sp³-hybridized carbons (Fsp3) is 0.571. The molecular formula is C14H20N4OS. The van der Waals surface area contributed by atoms with Crippen LogP contribution in [0.25, 0.3) is 0 Å².